The summed E-state index contributed by atoms with van der Waals surface area (Å²) >= 11 is 0. The van der Waals surface area contributed by atoms with Gasteiger partial charge in [-0.1, -0.05) is 0 Å². The van der Waals surface area contributed by atoms with Gasteiger partial charge in [0.15, 0.2) is 0 Å². The quantitative estimate of drug-likeness (QED) is 0.909. The second-order valence-corrected chi connectivity index (χ2v) is 6.12. The lowest BCUT2D eigenvalue weighted by Gasteiger charge is -2.18. The summed E-state index contributed by atoms with van der Waals surface area (Å²) in [5.41, 5.74) is 2.41. The Morgan fingerprint density at radius 1 is 1.42 bits per heavy atom. The predicted octanol–water partition coefficient (Wildman–Crippen LogP) is 0.961. The lowest BCUT2D eigenvalue weighted by atomic mass is 9.90. The Balaban J connectivity index is 1.97. The molecule has 0 radical (unpaired) electrons. The first-order chi connectivity index (χ1) is 11.5. The third-order valence-corrected chi connectivity index (χ3v) is 4.49. The van der Waals surface area contributed by atoms with Crippen molar-refractivity contribution in [2.24, 2.45) is 13.0 Å². The molecule has 0 aliphatic carbocycles. The molecule has 1 amide bonds. The number of hydrogen-bond acceptors (Lipinski definition) is 5. The molecule has 2 atom stereocenters. The molecule has 1 saturated heterocycles. The van der Waals surface area contributed by atoms with E-state index in [2.05, 4.69) is 21.5 Å². The Kier molecular flexibility index (Phi) is 4.21. The first-order valence-electron chi connectivity index (χ1n) is 7.86. The zero-order valence-electron chi connectivity index (χ0n) is 14.0. The van der Waals surface area contributed by atoms with Crippen molar-refractivity contribution in [3.8, 4) is 6.07 Å². The van der Waals surface area contributed by atoms with E-state index in [1.165, 1.54) is 0 Å². The summed E-state index contributed by atoms with van der Waals surface area (Å²) in [5, 5.41) is 16.3. The number of pyridine rings is 1. The normalized spacial score (nSPS) is 20.0. The highest BCUT2D eigenvalue weighted by atomic mass is 16.1. The zero-order valence-corrected chi connectivity index (χ0v) is 14.0. The summed E-state index contributed by atoms with van der Waals surface area (Å²) < 4.78 is 1.74. The van der Waals surface area contributed by atoms with Crippen LogP contribution in [-0.2, 0) is 11.8 Å². The second-order valence-electron chi connectivity index (χ2n) is 6.12. The molecule has 0 unspecified atom stereocenters. The minimum atomic E-state index is -0.201. The van der Waals surface area contributed by atoms with Crippen molar-refractivity contribution in [2.75, 3.05) is 25.0 Å². The molecule has 124 valence electrons. The molecule has 3 heterocycles. The molecule has 0 aromatic carbocycles. The molecule has 2 aromatic heterocycles. The monoisotopic (exact) mass is 324 g/mol. The predicted molar refractivity (Wildman–Crippen MR) is 89.4 cm³/mol. The van der Waals surface area contributed by atoms with Crippen molar-refractivity contribution < 1.29 is 4.79 Å². The van der Waals surface area contributed by atoms with Crippen LogP contribution in [-0.4, -0.2) is 40.8 Å². The van der Waals surface area contributed by atoms with Gasteiger partial charge in [-0.25, -0.2) is 4.98 Å². The maximum absolute atomic E-state index is 12.4. The summed E-state index contributed by atoms with van der Waals surface area (Å²) in [6.07, 6.45) is 3.75. The third-order valence-electron chi connectivity index (χ3n) is 4.49. The van der Waals surface area contributed by atoms with Crippen molar-refractivity contribution in [1.82, 2.24) is 20.1 Å². The van der Waals surface area contributed by atoms with Crippen molar-refractivity contribution >= 4 is 11.7 Å². The van der Waals surface area contributed by atoms with E-state index in [4.69, 9.17) is 0 Å². The Morgan fingerprint density at radius 2 is 2.21 bits per heavy atom. The number of hydrogen-bond donors (Lipinski definition) is 1. The standard InChI is InChI=1S/C17H20N6O/c1-11-4-5-12(6-18)16(21-11)23-9-14(13-7-20-22(3)8-13)15(10-23)17(24)19-2/h4-5,7-8,14-15H,9-10H2,1-3H3,(H,19,24)/t14-,15+/m1/s1. The number of rotatable bonds is 3. The minimum Gasteiger partial charge on any atom is -0.359 e. The zero-order chi connectivity index (χ0) is 17.3. The number of nitrogens with zero attached hydrogens (tertiary/aromatic N) is 5. The molecule has 1 aliphatic rings. The molecule has 7 nitrogen and oxygen atoms in total. The molecule has 0 bridgehead atoms. The molecule has 1 aliphatic heterocycles. The summed E-state index contributed by atoms with van der Waals surface area (Å²) in [6, 6.07) is 5.80. The Hall–Kier alpha value is -2.88. The van der Waals surface area contributed by atoms with Crippen LogP contribution in [0.1, 0.15) is 22.7 Å². The first-order valence-corrected chi connectivity index (χ1v) is 7.86. The van der Waals surface area contributed by atoms with E-state index in [1.54, 1.807) is 24.0 Å². The maximum Gasteiger partial charge on any atom is 0.225 e. The number of anilines is 1. The smallest absolute Gasteiger partial charge is 0.225 e. The van der Waals surface area contributed by atoms with Crippen LogP contribution in [0.25, 0.3) is 0 Å². The Labute approximate surface area is 140 Å². The molecule has 7 heteroatoms. The van der Waals surface area contributed by atoms with Crippen LogP contribution in [0.3, 0.4) is 0 Å². The molecule has 2 aromatic rings. The lowest BCUT2D eigenvalue weighted by molar-refractivity contribution is -0.124. The topological polar surface area (TPSA) is 86.8 Å². The van der Waals surface area contributed by atoms with E-state index >= 15 is 0 Å². The van der Waals surface area contributed by atoms with Crippen molar-refractivity contribution in [2.45, 2.75) is 12.8 Å². The van der Waals surface area contributed by atoms with Gasteiger partial charge < -0.3 is 10.2 Å². The average Bonchev–Trinajstić information content (AvgIpc) is 3.20. The molecule has 3 rings (SSSR count). The summed E-state index contributed by atoms with van der Waals surface area (Å²) in [5.74, 6) is 0.468. The van der Waals surface area contributed by atoms with Crippen LogP contribution >= 0.6 is 0 Å². The fraction of sp³-hybridized carbons (Fsp3) is 0.412. The van der Waals surface area contributed by atoms with Gasteiger partial charge in [0.25, 0.3) is 0 Å². The fourth-order valence-electron chi connectivity index (χ4n) is 3.27. The van der Waals surface area contributed by atoms with E-state index < -0.39 is 0 Å². The molecule has 1 N–H and O–H groups in total. The van der Waals surface area contributed by atoms with Gasteiger partial charge >= 0.3 is 0 Å². The van der Waals surface area contributed by atoms with E-state index in [1.807, 2.05) is 31.1 Å². The lowest BCUT2D eigenvalue weighted by Crippen LogP contribution is -2.32. The minimum absolute atomic E-state index is 0.00230. The van der Waals surface area contributed by atoms with Crippen molar-refractivity contribution in [1.29, 1.82) is 5.26 Å². The first kappa shape index (κ1) is 16.0. The highest BCUT2D eigenvalue weighted by Crippen LogP contribution is 2.35. The molecular formula is C17H20N6O. The van der Waals surface area contributed by atoms with Gasteiger partial charge in [-0.05, 0) is 24.6 Å². The largest absolute Gasteiger partial charge is 0.359 e. The Bertz CT molecular complexity index is 806. The third kappa shape index (κ3) is 2.83. The summed E-state index contributed by atoms with van der Waals surface area (Å²) in [6.45, 7) is 3.06. The summed E-state index contributed by atoms with van der Waals surface area (Å²) in [4.78, 5) is 18.9. The Morgan fingerprint density at radius 3 is 2.83 bits per heavy atom. The van der Waals surface area contributed by atoms with E-state index in [0.717, 1.165) is 11.3 Å². The molecule has 1 fully saturated rings. The van der Waals surface area contributed by atoms with Gasteiger partial charge in [-0.2, -0.15) is 10.4 Å². The summed E-state index contributed by atoms with van der Waals surface area (Å²) in [7, 11) is 3.51. The van der Waals surface area contributed by atoms with E-state index in [0.29, 0.717) is 24.5 Å². The number of nitriles is 1. The molecule has 0 saturated carbocycles. The number of carbonyl (C=O) groups is 1. The van der Waals surface area contributed by atoms with Gasteiger partial charge in [-0.15, -0.1) is 0 Å². The van der Waals surface area contributed by atoms with Crippen molar-refractivity contribution in [3.63, 3.8) is 0 Å². The second kappa shape index (κ2) is 6.32. The van der Waals surface area contributed by atoms with Gasteiger partial charge in [0.2, 0.25) is 5.91 Å². The highest BCUT2D eigenvalue weighted by molar-refractivity contribution is 5.81. The number of aryl methyl sites for hydroxylation is 2. The van der Waals surface area contributed by atoms with Crippen LogP contribution in [0.5, 0.6) is 0 Å². The van der Waals surface area contributed by atoms with Crippen LogP contribution in [0.15, 0.2) is 24.5 Å². The highest BCUT2D eigenvalue weighted by Gasteiger charge is 2.39. The van der Waals surface area contributed by atoms with Crippen LogP contribution in [0.4, 0.5) is 5.82 Å². The fourth-order valence-corrected chi connectivity index (χ4v) is 3.27. The van der Waals surface area contributed by atoms with Gasteiger partial charge in [0.1, 0.15) is 11.9 Å². The van der Waals surface area contributed by atoms with Crippen LogP contribution in [0, 0.1) is 24.2 Å². The van der Waals surface area contributed by atoms with E-state index in [-0.39, 0.29) is 17.7 Å². The molecular weight excluding hydrogens is 304 g/mol. The van der Waals surface area contributed by atoms with Gasteiger partial charge in [0.05, 0.1) is 17.7 Å². The average molecular weight is 324 g/mol. The van der Waals surface area contributed by atoms with Crippen LogP contribution in [0.2, 0.25) is 0 Å². The van der Waals surface area contributed by atoms with E-state index in [9.17, 15) is 10.1 Å². The SMILES string of the molecule is CNC(=O)[C@H]1CN(c2nc(C)ccc2C#N)C[C@@H]1c1cnn(C)c1. The number of nitrogens with one attached hydrogen (secondary N) is 1. The molecule has 0 spiro atoms. The molecule has 24 heavy (non-hydrogen) atoms. The number of carbonyl (C=O) groups excluding carboxylic acids is 1. The number of aromatic nitrogens is 3. The maximum atomic E-state index is 12.4. The van der Waals surface area contributed by atoms with Gasteiger partial charge in [-0.3, -0.25) is 9.48 Å². The van der Waals surface area contributed by atoms with Crippen LogP contribution < -0.4 is 10.2 Å². The number of amides is 1. The van der Waals surface area contributed by atoms with Gasteiger partial charge in [0, 0.05) is 45.0 Å². The van der Waals surface area contributed by atoms with Crippen molar-refractivity contribution in [3.05, 3.63) is 41.3 Å².